The molecule has 29 heavy (non-hydrogen) atoms. The number of hydrogen-bond acceptors (Lipinski definition) is 6. The second-order valence-corrected chi connectivity index (χ2v) is 7.89. The van der Waals surface area contributed by atoms with Gasteiger partial charge in [-0.15, -0.1) is 11.8 Å². The maximum absolute atomic E-state index is 12.6. The van der Waals surface area contributed by atoms with Crippen molar-refractivity contribution in [1.82, 2.24) is 10.9 Å². The summed E-state index contributed by atoms with van der Waals surface area (Å²) in [5.41, 5.74) is 6.67. The van der Waals surface area contributed by atoms with Crippen molar-refractivity contribution in [3.05, 3.63) is 53.1 Å². The second-order valence-electron chi connectivity index (χ2n) is 6.44. The van der Waals surface area contributed by atoms with Gasteiger partial charge >= 0.3 is 0 Å². The molecule has 2 aromatic rings. The minimum absolute atomic E-state index is 0.0616. The highest BCUT2D eigenvalue weighted by Gasteiger charge is 2.39. The van der Waals surface area contributed by atoms with E-state index in [1.807, 2.05) is 31.2 Å². The summed E-state index contributed by atoms with van der Waals surface area (Å²) in [4.78, 5) is 39.0. The molecule has 9 heteroatoms. The van der Waals surface area contributed by atoms with Crippen LogP contribution in [0.2, 0.25) is 5.02 Å². The van der Waals surface area contributed by atoms with E-state index in [9.17, 15) is 14.4 Å². The summed E-state index contributed by atoms with van der Waals surface area (Å²) in [7, 11) is 1.48. The van der Waals surface area contributed by atoms with Crippen molar-refractivity contribution >= 4 is 46.8 Å². The number of nitrogens with zero attached hydrogens (tertiary/aromatic N) is 1. The number of ether oxygens (including phenoxy) is 1. The minimum atomic E-state index is -0.836. The summed E-state index contributed by atoms with van der Waals surface area (Å²) < 4.78 is 5.08. The number of rotatable bonds is 7. The van der Waals surface area contributed by atoms with Crippen LogP contribution in [0.25, 0.3) is 0 Å². The minimum Gasteiger partial charge on any atom is -0.495 e. The van der Waals surface area contributed by atoms with Gasteiger partial charge in [0.05, 0.1) is 30.0 Å². The molecule has 0 unspecified atom stereocenters. The molecule has 1 saturated heterocycles. The van der Waals surface area contributed by atoms with Crippen molar-refractivity contribution in [2.45, 2.75) is 24.3 Å². The van der Waals surface area contributed by atoms with E-state index in [2.05, 4.69) is 10.9 Å². The Morgan fingerprint density at radius 1 is 1.24 bits per heavy atom. The molecule has 1 atom stereocenters. The van der Waals surface area contributed by atoms with E-state index in [0.29, 0.717) is 16.5 Å². The van der Waals surface area contributed by atoms with Gasteiger partial charge in [-0.2, -0.15) is 0 Å². The van der Waals surface area contributed by atoms with Crippen LogP contribution in [0.1, 0.15) is 12.0 Å². The average molecular weight is 434 g/mol. The van der Waals surface area contributed by atoms with E-state index >= 15 is 0 Å². The summed E-state index contributed by atoms with van der Waals surface area (Å²) in [6.45, 7) is 1.99. The maximum Gasteiger partial charge on any atom is 0.253 e. The molecule has 7 nitrogen and oxygen atoms in total. The number of imide groups is 1. The Morgan fingerprint density at radius 3 is 2.62 bits per heavy atom. The van der Waals surface area contributed by atoms with Crippen molar-refractivity contribution in [1.29, 1.82) is 0 Å². The smallest absolute Gasteiger partial charge is 0.253 e. The third-order valence-electron chi connectivity index (χ3n) is 4.32. The van der Waals surface area contributed by atoms with Crippen LogP contribution in [0.15, 0.2) is 47.4 Å². The van der Waals surface area contributed by atoms with Gasteiger partial charge in [-0.25, -0.2) is 10.3 Å². The first-order chi connectivity index (χ1) is 13.9. The molecule has 2 N–H and O–H groups in total. The third-order valence-corrected chi connectivity index (χ3v) is 5.62. The molecule has 3 amide bonds. The fraction of sp³-hybridized carbons (Fsp3) is 0.250. The van der Waals surface area contributed by atoms with E-state index < -0.39 is 11.9 Å². The first kappa shape index (κ1) is 21.2. The van der Waals surface area contributed by atoms with Gasteiger partial charge in [0.2, 0.25) is 11.8 Å². The summed E-state index contributed by atoms with van der Waals surface area (Å²) in [5, 5.41) is 0.295. The van der Waals surface area contributed by atoms with E-state index in [-0.39, 0.29) is 24.0 Å². The molecule has 1 aliphatic heterocycles. The van der Waals surface area contributed by atoms with Crippen LogP contribution in [0.3, 0.4) is 0 Å². The lowest BCUT2D eigenvalue weighted by Crippen LogP contribution is -2.48. The van der Waals surface area contributed by atoms with Crippen LogP contribution in [-0.2, 0) is 14.4 Å². The maximum atomic E-state index is 12.6. The van der Waals surface area contributed by atoms with Crippen LogP contribution in [0, 0.1) is 6.92 Å². The Morgan fingerprint density at radius 2 is 1.97 bits per heavy atom. The SMILES string of the molecule is COc1ccc(N2C(=O)C[C@H](NNC(=O)CSc3ccc(C)cc3)C2=O)cc1Cl. The lowest BCUT2D eigenvalue weighted by molar-refractivity contribution is -0.122. The van der Waals surface area contributed by atoms with Gasteiger partial charge in [-0.05, 0) is 37.3 Å². The van der Waals surface area contributed by atoms with Crippen LogP contribution < -0.4 is 20.5 Å². The molecule has 0 bridgehead atoms. The molecule has 0 radical (unpaired) electrons. The average Bonchev–Trinajstić information content (AvgIpc) is 2.99. The highest BCUT2D eigenvalue weighted by atomic mass is 35.5. The van der Waals surface area contributed by atoms with Crippen molar-refractivity contribution in [2.75, 3.05) is 17.8 Å². The van der Waals surface area contributed by atoms with E-state index in [1.165, 1.54) is 24.9 Å². The van der Waals surface area contributed by atoms with Gasteiger partial charge in [0.15, 0.2) is 0 Å². The Hall–Kier alpha value is -2.55. The zero-order valence-electron chi connectivity index (χ0n) is 15.9. The van der Waals surface area contributed by atoms with Gasteiger partial charge in [0.1, 0.15) is 11.8 Å². The van der Waals surface area contributed by atoms with Crippen molar-refractivity contribution in [2.24, 2.45) is 0 Å². The quantitative estimate of drug-likeness (QED) is 0.396. The molecular weight excluding hydrogens is 414 g/mol. The molecule has 2 aromatic carbocycles. The fourth-order valence-corrected chi connectivity index (χ4v) is 3.75. The van der Waals surface area contributed by atoms with Gasteiger partial charge < -0.3 is 4.74 Å². The molecule has 3 rings (SSSR count). The number of hydrogen-bond donors (Lipinski definition) is 2. The van der Waals surface area contributed by atoms with Crippen molar-refractivity contribution in [3.63, 3.8) is 0 Å². The number of nitrogens with one attached hydrogen (secondary N) is 2. The number of aryl methyl sites for hydroxylation is 1. The zero-order chi connectivity index (χ0) is 21.0. The molecular formula is C20H20ClN3O4S. The monoisotopic (exact) mass is 433 g/mol. The molecule has 152 valence electrons. The summed E-state index contributed by atoms with van der Waals surface area (Å²) in [6.07, 6.45) is -0.0616. The number of carbonyl (C=O) groups is 3. The third kappa shape index (κ3) is 5.09. The lowest BCUT2D eigenvalue weighted by Gasteiger charge is -2.17. The Balaban J connectivity index is 1.55. The first-order valence-electron chi connectivity index (χ1n) is 8.83. The molecule has 0 aromatic heterocycles. The van der Waals surface area contributed by atoms with Gasteiger partial charge in [0.25, 0.3) is 5.91 Å². The fourth-order valence-electron chi connectivity index (χ4n) is 2.80. The van der Waals surface area contributed by atoms with Gasteiger partial charge in [0, 0.05) is 4.90 Å². The Bertz CT molecular complexity index is 936. The normalized spacial score (nSPS) is 16.2. The van der Waals surface area contributed by atoms with Crippen molar-refractivity contribution < 1.29 is 19.1 Å². The molecule has 0 spiro atoms. The van der Waals surface area contributed by atoms with Crippen LogP contribution >= 0.6 is 23.4 Å². The number of thioether (sulfide) groups is 1. The van der Waals surface area contributed by atoms with Crippen LogP contribution in [-0.4, -0.2) is 36.6 Å². The number of benzene rings is 2. The second kappa shape index (κ2) is 9.30. The van der Waals surface area contributed by atoms with E-state index in [1.54, 1.807) is 12.1 Å². The summed E-state index contributed by atoms with van der Waals surface area (Å²) >= 11 is 7.47. The molecule has 1 fully saturated rings. The number of methoxy groups -OCH3 is 1. The highest BCUT2D eigenvalue weighted by molar-refractivity contribution is 8.00. The molecule has 1 aliphatic rings. The number of anilines is 1. The topological polar surface area (TPSA) is 87.7 Å². The zero-order valence-corrected chi connectivity index (χ0v) is 17.5. The standard InChI is InChI=1S/C20H20ClN3O4S/c1-12-3-6-14(7-4-12)29-11-18(25)23-22-16-10-19(26)24(20(16)27)13-5-8-17(28-2)15(21)9-13/h3-9,16,22H,10-11H2,1-2H3,(H,23,25)/t16-/m0/s1. The molecule has 1 heterocycles. The lowest BCUT2D eigenvalue weighted by atomic mass is 10.2. The predicted molar refractivity (Wildman–Crippen MR) is 112 cm³/mol. The largest absolute Gasteiger partial charge is 0.495 e. The molecule has 0 saturated carbocycles. The Labute approximate surface area is 177 Å². The van der Waals surface area contributed by atoms with Gasteiger partial charge in [-0.3, -0.25) is 19.8 Å². The first-order valence-corrected chi connectivity index (χ1v) is 10.2. The molecule has 0 aliphatic carbocycles. The number of hydrazine groups is 1. The summed E-state index contributed by atoms with van der Waals surface area (Å²) in [5.74, 6) is -0.494. The predicted octanol–water partition coefficient (Wildman–Crippen LogP) is 2.70. The Kier molecular flexibility index (Phi) is 6.79. The van der Waals surface area contributed by atoms with Crippen LogP contribution in [0.4, 0.5) is 5.69 Å². The highest BCUT2D eigenvalue weighted by Crippen LogP contribution is 2.31. The number of carbonyl (C=O) groups excluding carboxylic acids is 3. The number of amides is 3. The van der Waals surface area contributed by atoms with E-state index in [4.69, 9.17) is 16.3 Å². The number of halogens is 1. The van der Waals surface area contributed by atoms with Gasteiger partial charge in [-0.1, -0.05) is 29.3 Å². The summed E-state index contributed by atoms with van der Waals surface area (Å²) in [6, 6.07) is 11.7. The van der Waals surface area contributed by atoms with Crippen LogP contribution in [0.5, 0.6) is 5.75 Å². The van der Waals surface area contributed by atoms with Crippen molar-refractivity contribution in [3.8, 4) is 5.75 Å². The van der Waals surface area contributed by atoms with E-state index in [0.717, 1.165) is 15.4 Å².